The Hall–Kier alpha value is -3.12. The number of halogens is 1. The van der Waals surface area contributed by atoms with Crippen LogP contribution in [-0.4, -0.2) is 48.9 Å². The molecule has 7 heteroatoms. The summed E-state index contributed by atoms with van der Waals surface area (Å²) in [5.74, 6) is -1.34. The van der Waals surface area contributed by atoms with Crippen molar-refractivity contribution in [3.8, 4) is 0 Å². The van der Waals surface area contributed by atoms with Gasteiger partial charge >= 0.3 is 5.97 Å². The highest BCUT2D eigenvalue weighted by Crippen LogP contribution is 2.21. The minimum atomic E-state index is -0.668. The van der Waals surface area contributed by atoms with Gasteiger partial charge in [0.2, 0.25) is 0 Å². The molecule has 0 bridgehead atoms. The third kappa shape index (κ3) is 5.93. The number of carbonyl (C=O) groups excluding carboxylic acids is 3. The lowest BCUT2D eigenvalue weighted by Gasteiger charge is -2.26. The van der Waals surface area contributed by atoms with Gasteiger partial charge in [0, 0.05) is 23.7 Å². The average Bonchev–Trinajstić information content (AvgIpc) is 2.77. The molecule has 1 heterocycles. The van der Waals surface area contributed by atoms with Gasteiger partial charge in [-0.1, -0.05) is 48.0 Å². The summed E-state index contributed by atoms with van der Waals surface area (Å²) in [7, 11) is 0. The molecule has 0 saturated carbocycles. The minimum Gasteiger partial charge on any atom is -0.454 e. The van der Waals surface area contributed by atoms with Gasteiger partial charge in [-0.05, 0) is 41.8 Å². The summed E-state index contributed by atoms with van der Waals surface area (Å²) in [6.45, 7) is 0.398. The van der Waals surface area contributed by atoms with Crippen LogP contribution in [0.5, 0.6) is 0 Å². The highest BCUT2D eigenvalue weighted by molar-refractivity contribution is 6.30. The SMILES string of the molecule is O=C(CNC(=O)c1ccc(Cl)cc1)OCC(=O)N1CC=C(c2ccccc2)CC1. The number of hydrogen-bond acceptors (Lipinski definition) is 4. The molecule has 1 aliphatic heterocycles. The van der Waals surface area contributed by atoms with Crippen molar-refractivity contribution in [3.63, 3.8) is 0 Å². The first-order valence-electron chi connectivity index (χ1n) is 9.24. The first kappa shape index (κ1) is 20.6. The van der Waals surface area contributed by atoms with Crippen molar-refractivity contribution in [2.24, 2.45) is 0 Å². The summed E-state index contributed by atoms with van der Waals surface area (Å²) < 4.78 is 4.99. The van der Waals surface area contributed by atoms with Gasteiger partial charge in [-0.25, -0.2) is 0 Å². The van der Waals surface area contributed by atoms with Crippen LogP contribution in [0.15, 0.2) is 60.7 Å². The highest BCUT2D eigenvalue weighted by atomic mass is 35.5. The zero-order valence-electron chi connectivity index (χ0n) is 15.8. The van der Waals surface area contributed by atoms with Gasteiger partial charge in [0.05, 0.1) is 0 Å². The van der Waals surface area contributed by atoms with Crippen molar-refractivity contribution in [2.45, 2.75) is 6.42 Å². The van der Waals surface area contributed by atoms with Crippen molar-refractivity contribution >= 4 is 35.0 Å². The molecule has 0 radical (unpaired) electrons. The summed E-state index contributed by atoms with van der Waals surface area (Å²) in [4.78, 5) is 37.7. The van der Waals surface area contributed by atoms with Crippen molar-refractivity contribution in [3.05, 3.63) is 76.8 Å². The third-order valence-corrected chi connectivity index (χ3v) is 4.81. The molecule has 0 aliphatic carbocycles. The Balaban J connectivity index is 1.40. The Morgan fingerprint density at radius 3 is 2.41 bits per heavy atom. The van der Waals surface area contributed by atoms with E-state index in [4.69, 9.17) is 16.3 Å². The van der Waals surface area contributed by atoms with Gasteiger partial charge in [0.15, 0.2) is 6.61 Å². The predicted molar refractivity (Wildman–Crippen MR) is 110 cm³/mol. The van der Waals surface area contributed by atoms with E-state index in [1.54, 1.807) is 29.2 Å². The van der Waals surface area contributed by atoms with E-state index in [9.17, 15) is 14.4 Å². The smallest absolute Gasteiger partial charge is 0.325 e. The third-order valence-electron chi connectivity index (χ3n) is 4.56. The van der Waals surface area contributed by atoms with Gasteiger partial charge in [-0.3, -0.25) is 14.4 Å². The van der Waals surface area contributed by atoms with E-state index >= 15 is 0 Å². The maximum Gasteiger partial charge on any atom is 0.325 e. The van der Waals surface area contributed by atoms with E-state index in [0.717, 1.165) is 12.0 Å². The molecule has 6 nitrogen and oxygen atoms in total. The number of esters is 1. The Labute approximate surface area is 174 Å². The molecule has 2 aromatic rings. The first-order valence-corrected chi connectivity index (χ1v) is 9.62. The maximum atomic E-state index is 12.3. The number of nitrogens with one attached hydrogen (secondary N) is 1. The lowest BCUT2D eigenvalue weighted by Crippen LogP contribution is -2.38. The van der Waals surface area contributed by atoms with Crippen molar-refractivity contribution in [1.82, 2.24) is 10.2 Å². The van der Waals surface area contributed by atoms with E-state index in [-0.39, 0.29) is 19.1 Å². The minimum absolute atomic E-state index is 0.259. The molecule has 0 fully saturated rings. The van der Waals surface area contributed by atoms with Crippen LogP contribution in [-0.2, 0) is 14.3 Å². The van der Waals surface area contributed by atoms with Crippen LogP contribution >= 0.6 is 11.6 Å². The van der Waals surface area contributed by atoms with Crippen molar-refractivity contribution in [2.75, 3.05) is 26.2 Å². The molecule has 0 atom stereocenters. The molecule has 0 unspecified atom stereocenters. The van der Waals surface area contributed by atoms with Gasteiger partial charge in [-0.15, -0.1) is 0 Å². The Morgan fingerprint density at radius 1 is 1.03 bits per heavy atom. The van der Waals surface area contributed by atoms with Crippen molar-refractivity contribution < 1.29 is 19.1 Å². The van der Waals surface area contributed by atoms with E-state index in [0.29, 0.717) is 23.7 Å². The highest BCUT2D eigenvalue weighted by Gasteiger charge is 2.19. The standard InChI is InChI=1S/C22H21ClN2O4/c23-19-8-6-18(7-9-19)22(28)24-14-21(27)29-15-20(26)25-12-10-17(11-13-25)16-4-2-1-3-5-16/h1-10H,11-15H2,(H,24,28). The second-order valence-electron chi connectivity index (χ2n) is 6.54. The molecular formula is C22H21ClN2O4. The second-order valence-corrected chi connectivity index (χ2v) is 6.97. The average molecular weight is 413 g/mol. The fourth-order valence-electron chi connectivity index (χ4n) is 2.95. The largest absolute Gasteiger partial charge is 0.454 e. The fraction of sp³-hybridized carbons (Fsp3) is 0.227. The maximum absolute atomic E-state index is 12.3. The lowest BCUT2D eigenvalue weighted by atomic mass is 10.00. The molecule has 1 aliphatic rings. The van der Waals surface area contributed by atoms with E-state index in [1.165, 1.54) is 5.57 Å². The van der Waals surface area contributed by atoms with Crippen LogP contribution in [0.3, 0.4) is 0 Å². The quantitative estimate of drug-likeness (QED) is 0.740. The summed E-state index contributed by atoms with van der Waals surface area (Å²) in [6.07, 6.45) is 2.77. The molecule has 2 aromatic carbocycles. The van der Waals surface area contributed by atoms with Gasteiger partial charge in [0.1, 0.15) is 6.54 Å². The predicted octanol–water partition coefficient (Wildman–Crippen LogP) is 2.93. The summed E-state index contributed by atoms with van der Waals surface area (Å²) in [5, 5.41) is 2.97. The van der Waals surface area contributed by atoms with E-state index in [2.05, 4.69) is 5.32 Å². The molecule has 3 rings (SSSR count). The molecule has 2 amide bonds. The Kier molecular flexibility index (Phi) is 7.03. The number of ether oxygens (including phenoxy) is 1. The molecule has 29 heavy (non-hydrogen) atoms. The molecule has 1 N–H and O–H groups in total. The Bertz CT molecular complexity index is 910. The monoisotopic (exact) mass is 412 g/mol. The van der Waals surface area contributed by atoms with Crippen LogP contribution in [0.25, 0.3) is 5.57 Å². The summed E-state index contributed by atoms with van der Waals surface area (Å²) in [5.41, 5.74) is 2.74. The number of benzene rings is 2. The van der Waals surface area contributed by atoms with Gasteiger partial charge in [-0.2, -0.15) is 0 Å². The topological polar surface area (TPSA) is 75.7 Å². The second kappa shape index (κ2) is 9.89. The van der Waals surface area contributed by atoms with E-state index in [1.807, 2.05) is 36.4 Å². The number of nitrogens with zero attached hydrogens (tertiary/aromatic N) is 1. The van der Waals surface area contributed by atoms with Crippen LogP contribution in [0, 0.1) is 0 Å². The molecule has 150 valence electrons. The number of rotatable bonds is 6. The zero-order valence-corrected chi connectivity index (χ0v) is 16.5. The van der Waals surface area contributed by atoms with Crippen LogP contribution in [0.4, 0.5) is 0 Å². The molecule has 0 aromatic heterocycles. The first-order chi connectivity index (χ1) is 14.0. The zero-order chi connectivity index (χ0) is 20.6. The summed E-state index contributed by atoms with van der Waals surface area (Å²) in [6, 6.07) is 16.3. The van der Waals surface area contributed by atoms with Crippen LogP contribution in [0.1, 0.15) is 22.3 Å². The van der Waals surface area contributed by atoms with E-state index < -0.39 is 11.9 Å². The van der Waals surface area contributed by atoms with Crippen LogP contribution < -0.4 is 5.32 Å². The normalized spacial score (nSPS) is 13.4. The number of carbonyl (C=O) groups is 3. The number of amides is 2. The number of hydrogen-bond donors (Lipinski definition) is 1. The summed E-state index contributed by atoms with van der Waals surface area (Å²) >= 11 is 5.77. The molecule has 0 saturated heterocycles. The van der Waals surface area contributed by atoms with Crippen LogP contribution in [0.2, 0.25) is 5.02 Å². The molecule has 0 spiro atoms. The Morgan fingerprint density at radius 2 is 1.76 bits per heavy atom. The molecular weight excluding hydrogens is 392 g/mol. The lowest BCUT2D eigenvalue weighted by molar-refractivity contribution is -0.151. The van der Waals surface area contributed by atoms with Gasteiger partial charge in [0.25, 0.3) is 11.8 Å². The van der Waals surface area contributed by atoms with Crippen molar-refractivity contribution in [1.29, 1.82) is 0 Å². The van der Waals surface area contributed by atoms with Gasteiger partial charge < -0.3 is 15.0 Å². The fourth-order valence-corrected chi connectivity index (χ4v) is 3.08.